The van der Waals surface area contributed by atoms with Crippen molar-refractivity contribution in [3.05, 3.63) is 0 Å². The number of aliphatic hydroxyl groups is 1. The van der Waals surface area contributed by atoms with Gasteiger partial charge in [-0.1, -0.05) is 0 Å². The molecule has 6 nitrogen and oxygen atoms in total. The molecule has 2 fully saturated rings. The number of likely N-dealkylation sites (tertiary alicyclic amines) is 1. The second-order valence-electron chi connectivity index (χ2n) is 5.25. The molecule has 0 radical (unpaired) electrons. The van der Waals surface area contributed by atoms with Gasteiger partial charge in [-0.2, -0.15) is 0 Å². The number of rotatable bonds is 3. The van der Waals surface area contributed by atoms with Crippen molar-refractivity contribution in [2.75, 3.05) is 19.6 Å². The molecule has 102 valence electrons. The molecule has 0 spiro atoms. The van der Waals surface area contributed by atoms with Crippen LogP contribution in [0.25, 0.3) is 0 Å². The van der Waals surface area contributed by atoms with Crippen LogP contribution in [-0.2, 0) is 9.59 Å². The van der Waals surface area contributed by atoms with E-state index in [0.29, 0.717) is 12.3 Å². The van der Waals surface area contributed by atoms with E-state index in [0.717, 1.165) is 25.9 Å². The van der Waals surface area contributed by atoms with Crippen LogP contribution in [0.1, 0.15) is 25.7 Å². The fourth-order valence-electron chi connectivity index (χ4n) is 2.81. The molecule has 0 aliphatic carbocycles. The summed E-state index contributed by atoms with van der Waals surface area (Å²) in [4.78, 5) is 24.9. The van der Waals surface area contributed by atoms with Gasteiger partial charge in [-0.3, -0.25) is 9.59 Å². The van der Waals surface area contributed by atoms with Gasteiger partial charge < -0.3 is 21.1 Å². The van der Waals surface area contributed by atoms with E-state index in [1.165, 1.54) is 4.90 Å². The van der Waals surface area contributed by atoms with E-state index in [1.54, 1.807) is 0 Å². The number of hydrogen-bond acceptors (Lipinski definition) is 4. The van der Waals surface area contributed by atoms with Crippen molar-refractivity contribution in [2.45, 2.75) is 37.8 Å². The third kappa shape index (κ3) is 3.00. The smallest absolute Gasteiger partial charge is 0.240 e. The lowest BCUT2D eigenvalue weighted by Gasteiger charge is -2.27. The van der Waals surface area contributed by atoms with Gasteiger partial charge in [0.05, 0.1) is 6.10 Å². The lowest BCUT2D eigenvalue weighted by molar-refractivity contribution is -0.138. The highest BCUT2D eigenvalue weighted by Crippen LogP contribution is 2.23. The summed E-state index contributed by atoms with van der Waals surface area (Å²) in [5.41, 5.74) is 5.27. The summed E-state index contributed by atoms with van der Waals surface area (Å²) in [5.74, 6) is -0.197. The summed E-state index contributed by atoms with van der Waals surface area (Å²) in [5, 5.41) is 12.8. The minimum atomic E-state index is -0.630. The van der Waals surface area contributed by atoms with Crippen molar-refractivity contribution in [1.29, 1.82) is 0 Å². The van der Waals surface area contributed by atoms with Crippen molar-refractivity contribution < 1.29 is 14.7 Å². The molecular formula is C12H21N3O3. The molecule has 0 bridgehead atoms. The normalized spacial score (nSPS) is 29.5. The van der Waals surface area contributed by atoms with E-state index >= 15 is 0 Å². The second kappa shape index (κ2) is 5.67. The largest absolute Gasteiger partial charge is 0.391 e. The molecule has 2 heterocycles. The Hall–Kier alpha value is -1.14. The first kappa shape index (κ1) is 13.3. The van der Waals surface area contributed by atoms with Gasteiger partial charge >= 0.3 is 0 Å². The summed E-state index contributed by atoms with van der Waals surface area (Å²) < 4.78 is 0. The zero-order valence-electron chi connectivity index (χ0n) is 10.5. The third-order valence-electron chi connectivity index (χ3n) is 3.85. The highest BCUT2D eigenvalue weighted by Gasteiger charge is 2.38. The number of nitrogens with zero attached hydrogens (tertiary/aromatic N) is 1. The van der Waals surface area contributed by atoms with Crippen molar-refractivity contribution >= 4 is 11.8 Å². The van der Waals surface area contributed by atoms with Gasteiger partial charge in [0, 0.05) is 19.4 Å². The minimum Gasteiger partial charge on any atom is -0.391 e. The molecule has 2 saturated heterocycles. The van der Waals surface area contributed by atoms with Crippen molar-refractivity contribution in [1.82, 2.24) is 10.2 Å². The first-order chi connectivity index (χ1) is 8.58. The third-order valence-corrected chi connectivity index (χ3v) is 3.85. The average Bonchev–Trinajstić information content (AvgIpc) is 2.73. The Morgan fingerprint density at radius 1 is 1.33 bits per heavy atom. The maximum Gasteiger partial charge on any atom is 0.240 e. The first-order valence-corrected chi connectivity index (χ1v) is 6.55. The number of carbonyl (C=O) groups excluding carboxylic acids is 2. The van der Waals surface area contributed by atoms with Crippen molar-refractivity contribution in [3.8, 4) is 0 Å². The van der Waals surface area contributed by atoms with Crippen LogP contribution in [0, 0.1) is 5.92 Å². The van der Waals surface area contributed by atoms with Crippen LogP contribution >= 0.6 is 0 Å². The number of nitrogens with one attached hydrogen (secondary N) is 1. The molecular weight excluding hydrogens is 234 g/mol. The highest BCUT2D eigenvalue weighted by atomic mass is 16.3. The van der Waals surface area contributed by atoms with E-state index in [4.69, 9.17) is 5.73 Å². The fourth-order valence-corrected chi connectivity index (χ4v) is 2.81. The van der Waals surface area contributed by atoms with Gasteiger partial charge in [0.25, 0.3) is 0 Å². The number of piperidine rings is 1. The van der Waals surface area contributed by atoms with Crippen LogP contribution in [0.4, 0.5) is 0 Å². The van der Waals surface area contributed by atoms with Gasteiger partial charge in [0.2, 0.25) is 11.8 Å². The van der Waals surface area contributed by atoms with Crippen LogP contribution in [0.5, 0.6) is 0 Å². The summed E-state index contributed by atoms with van der Waals surface area (Å²) in [7, 11) is 0. The molecule has 4 N–H and O–H groups in total. The van der Waals surface area contributed by atoms with Crippen molar-refractivity contribution in [3.63, 3.8) is 0 Å². The number of hydrogen-bond donors (Lipinski definition) is 3. The SMILES string of the molecule is NC(=O)C1CC(O)CN1C(=O)CC1CCNCC1. The second-order valence-corrected chi connectivity index (χ2v) is 5.25. The molecule has 18 heavy (non-hydrogen) atoms. The molecule has 2 amide bonds. The van der Waals surface area contributed by atoms with Crippen LogP contribution in [0.15, 0.2) is 0 Å². The molecule has 6 heteroatoms. The topological polar surface area (TPSA) is 95.7 Å². The van der Waals surface area contributed by atoms with Crippen LogP contribution in [0.3, 0.4) is 0 Å². The fraction of sp³-hybridized carbons (Fsp3) is 0.833. The number of carbonyl (C=O) groups is 2. The predicted molar refractivity (Wildman–Crippen MR) is 65.5 cm³/mol. The summed E-state index contributed by atoms with van der Waals surface area (Å²) in [6, 6.07) is -0.630. The molecule has 2 aliphatic rings. The molecule has 2 atom stereocenters. The van der Waals surface area contributed by atoms with Crippen molar-refractivity contribution in [2.24, 2.45) is 11.7 Å². The Bertz CT molecular complexity index is 329. The summed E-state index contributed by atoms with van der Waals surface area (Å²) >= 11 is 0. The van der Waals surface area contributed by atoms with Gasteiger partial charge in [-0.25, -0.2) is 0 Å². The van der Waals surface area contributed by atoms with E-state index in [2.05, 4.69) is 5.32 Å². The highest BCUT2D eigenvalue weighted by molar-refractivity contribution is 5.87. The van der Waals surface area contributed by atoms with E-state index in [1.807, 2.05) is 0 Å². The molecule has 0 saturated carbocycles. The van der Waals surface area contributed by atoms with E-state index in [-0.39, 0.29) is 18.9 Å². The Morgan fingerprint density at radius 2 is 2.00 bits per heavy atom. The monoisotopic (exact) mass is 255 g/mol. The molecule has 2 unspecified atom stereocenters. The van der Waals surface area contributed by atoms with E-state index in [9.17, 15) is 14.7 Å². The van der Waals surface area contributed by atoms with Gasteiger partial charge in [0.1, 0.15) is 6.04 Å². The standard InChI is InChI=1S/C12H21N3O3/c13-12(18)10-6-9(16)7-15(10)11(17)5-8-1-3-14-4-2-8/h8-10,14,16H,1-7H2,(H2,13,18). The first-order valence-electron chi connectivity index (χ1n) is 6.55. The minimum absolute atomic E-state index is 0.0535. The number of primary amides is 1. The Kier molecular flexibility index (Phi) is 4.19. The maximum absolute atomic E-state index is 12.2. The van der Waals surface area contributed by atoms with Gasteiger partial charge in [-0.15, -0.1) is 0 Å². The maximum atomic E-state index is 12.2. The zero-order valence-corrected chi connectivity index (χ0v) is 10.5. The van der Waals surface area contributed by atoms with Crippen LogP contribution < -0.4 is 11.1 Å². The summed E-state index contributed by atoms with van der Waals surface area (Å²) in [6.07, 6.45) is 2.08. The van der Waals surface area contributed by atoms with Crippen LogP contribution in [-0.4, -0.2) is 53.6 Å². The number of aliphatic hydroxyl groups excluding tert-OH is 1. The number of nitrogens with two attached hydrogens (primary N) is 1. The zero-order chi connectivity index (χ0) is 13.1. The molecule has 0 aromatic rings. The number of β-amino-alcohol motifs (C(OH)–C–C–N with tert-alkyl or cyclic N) is 1. The van der Waals surface area contributed by atoms with E-state index < -0.39 is 18.1 Å². The Labute approximate surface area is 107 Å². The lowest BCUT2D eigenvalue weighted by Crippen LogP contribution is -2.44. The Morgan fingerprint density at radius 3 is 2.61 bits per heavy atom. The molecule has 2 aliphatic heterocycles. The van der Waals surface area contributed by atoms with Gasteiger partial charge in [0.15, 0.2) is 0 Å². The number of amides is 2. The Balaban J connectivity index is 1.92. The molecule has 0 aromatic heterocycles. The molecule has 0 aromatic carbocycles. The molecule has 2 rings (SSSR count). The lowest BCUT2D eigenvalue weighted by atomic mass is 9.94. The summed E-state index contributed by atoms with van der Waals surface area (Å²) in [6.45, 7) is 2.12. The average molecular weight is 255 g/mol. The van der Waals surface area contributed by atoms with Crippen LogP contribution in [0.2, 0.25) is 0 Å². The predicted octanol–water partition coefficient (Wildman–Crippen LogP) is -1.18. The quantitative estimate of drug-likeness (QED) is 0.591. The van der Waals surface area contributed by atoms with Gasteiger partial charge in [-0.05, 0) is 31.8 Å².